The highest BCUT2D eigenvalue weighted by Crippen LogP contribution is 2.32. The van der Waals surface area contributed by atoms with Crippen LogP contribution in [0.15, 0.2) is 23.4 Å². The highest BCUT2D eigenvalue weighted by Gasteiger charge is 2.29. The number of nitrogens with zero attached hydrogens (tertiary/aromatic N) is 3. The number of hydrogen-bond acceptors (Lipinski definition) is 8. The molecule has 1 fully saturated rings. The van der Waals surface area contributed by atoms with E-state index in [4.69, 9.17) is 9.47 Å². The molecule has 4 rings (SSSR count). The number of rotatable bonds is 7. The van der Waals surface area contributed by atoms with Gasteiger partial charge >= 0.3 is 0 Å². The number of benzene rings is 1. The molecule has 1 atom stereocenters. The lowest BCUT2D eigenvalue weighted by atomic mass is 10.1. The molecule has 0 radical (unpaired) electrons. The highest BCUT2D eigenvalue weighted by molar-refractivity contribution is 7.99. The maximum Gasteiger partial charge on any atom is 0.231 e. The van der Waals surface area contributed by atoms with Gasteiger partial charge in [-0.05, 0) is 30.0 Å². The van der Waals surface area contributed by atoms with Gasteiger partial charge in [-0.2, -0.15) is 0 Å². The normalized spacial score (nSPS) is 19.4. The maximum atomic E-state index is 12.2. The first kappa shape index (κ1) is 20.0. The largest absolute Gasteiger partial charge is 0.454 e. The SMILES string of the molecule is Cn1c(CC2CCS(=O)(=O)C2)nnc1SCC(=O)NCc1ccc2c(c1)OCO2. The van der Waals surface area contributed by atoms with Crippen LogP contribution in [0.2, 0.25) is 0 Å². The minimum atomic E-state index is -2.91. The van der Waals surface area contributed by atoms with Crippen LogP contribution in [0.1, 0.15) is 17.8 Å². The third kappa shape index (κ3) is 4.84. The molecule has 1 saturated heterocycles. The summed E-state index contributed by atoms with van der Waals surface area (Å²) >= 11 is 1.30. The second-order valence-corrected chi connectivity index (χ2v) is 10.4. The topological polar surface area (TPSA) is 112 Å². The molecule has 2 aliphatic heterocycles. The van der Waals surface area contributed by atoms with Crippen LogP contribution in [0.25, 0.3) is 0 Å². The smallest absolute Gasteiger partial charge is 0.231 e. The monoisotopic (exact) mass is 438 g/mol. The average Bonchev–Trinajstić information content (AvgIpc) is 3.38. The van der Waals surface area contributed by atoms with Gasteiger partial charge in [0.2, 0.25) is 12.7 Å². The summed E-state index contributed by atoms with van der Waals surface area (Å²) < 4.78 is 35.7. The number of sulfone groups is 1. The van der Waals surface area contributed by atoms with E-state index in [2.05, 4.69) is 15.5 Å². The minimum Gasteiger partial charge on any atom is -0.454 e. The van der Waals surface area contributed by atoms with Crippen LogP contribution >= 0.6 is 11.8 Å². The van der Waals surface area contributed by atoms with Crippen molar-refractivity contribution in [2.45, 2.75) is 24.5 Å². The van der Waals surface area contributed by atoms with Gasteiger partial charge in [0, 0.05) is 20.0 Å². The van der Waals surface area contributed by atoms with Crippen LogP contribution in [-0.2, 0) is 34.6 Å². The first-order chi connectivity index (χ1) is 13.9. The van der Waals surface area contributed by atoms with Crippen molar-refractivity contribution >= 4 is 27.5 Å². The van der Waals surface area contributed by atoms with E-state index in [1.54, 1.807) is 0 Å². The zero-order chi connectivity index (χ0) is 20.4. The van der Waals surface area contributed by atoms with E-state index in [1.165, 1.54) is 11.8 Å². The molecule has 0 spiro atoms. The average molecular weight is 439 g/mol. The Morgan fingerprint density at radius 3 is 2.93 bits per heavy atom. The molecule has 1 unspecified atom stereocenters. The molecule has 2 aliphatic rings. The van der Waals surface area contributed by atoms with Crippen molar-refractivity contribution in [2.75, 3.05) is 24.1 Å². The molecule has 1 N–H and O–H groups in total. The summed E-state index contributed by atoms with van der Waals surface area (Å²) in [7, 11) is -1.07. The summed E-state index contributed by atoms with van der Waals surface area (Å²) in [5.74, 6) is 2.80. The summed E-state index contributed by atoms with van der Waals surface area (Å²) in [5, 5.41) is 11.8. The predicted molar refractivity (Wildman–Crippen MR) is 107 cm³/mol. The van der Waals surface area contributed by atoms with E-state index in [0.717, 1.165) is 11.4 Å². The zero-order valence-corrected chi connectivity index (χ0v) is 17.6. The van der Waals surface area contributed by atoms with Crippen molar-refractivity contribution in [3.8, 4) is 11.5 Å². The van der Waals surface area contributed by atoms with E-state index in [0.29, 0.717) is 36.0 Å². The standard InChI is InChI=1S/C18H22N4O5S2/c1-22-16(7-13-4-5-29(24,25)10-13)20-21-18(22)28-9-17(23)19-8-12-2-3-14-15(6-12)27-11-26-14/h2-3,6,13H,4-5,7-11H2,1H3,(H,19,23). The van der Waals surface area contributed by atoms with Crippen LogP contribution in [0, 0.1) is 5.92 Å². The Labute approximate surface area is 173 Å². The fourth-order valence-electron chi connectivity index (χ4n) is 3.37. The Kier molecular flexibility index (Phi) is 5.68. The Hall–Kier alpha value is -2.27. The molecule has 3 heterocycles. The number of nitrogens with one attached hydrogen (secondary N) is 1. The third-order valence-electron chi connectivity index (χ3n) is 4.98. The van der Waals surface area contributed by atoms with Crippen LogP contribution in [0.4, 0.5) is 0 Å². The Bertz CT molecular complexity index is 1020. The van der Waals surface area contributed by atoms with Crippen LogP contribution < -0.4 is 14.8 Å². The quantitative estimate of drug-likeness (QED) is 0.636. The van der Waals surface area contributed by atoms with Gasteiger partial charge in [0.1, 0.15) is 5.82 Å². The van der Waals surface area contributed by atoms with Gasteiger partial charge in [-0.25, -0.2) is 8.42 Å². The van der Waals surface area contributed by atoms with Gasteiger partial charge in [-0.1, -0.05) is 17.8 Å². The summed E-state index contributed by atoms with van der Waals surface area (Å²) in [4.78, 5) is 12.2. The molecule has 1 aromatic heterocycles. The maximum absolute atomic E-state index is 12.2. The molecule has 9 nitrogen and oxygen atoms in total. The van der Waals surface area contributed by atoms with Gasteiger partial charge in [-0.3, -0.25) is 4.79 Å². The number of amides is 1. The fraction of sp³-hybridized carbons (Fsp3) is 0.500. The molecule has 0 aliphatic carbocycles. The highest BCUT2D eigenvalue weighted by atomic mass is 32.2. The lowest BCUT2D eigenvalue weighted by Crippen LogP contribution is -2.24. The fourth-order valence-corrected chi connectivity index (χ4v) is 5.99. The lowest BCUT2D eigenvalue weighted by molar-refractivity contribution is -0.118. The zero-order valence-electron chi connectivity index (χ0n) is 16.0. The minimum absolute atomic E-state index is 0.0887. The second kappa shape index (κ2) is 8.23. The molecular formula is C18H22N4O5S2. The molecule has 2 aromatic rings. The Morgan fingerprint density at radius 1 is 1.31 bits per heavy atom. The van der Waals surface area contributed by atoms with Gasteiger partial charge in [0.25, 0.3) is 0 Å². The van der Waals surface area contributed by atoms with E-state index in [-0.39, 0.29) is 35.9 Å². The van der Waals surface area contributed by atoms with Crippen LogP contribution in [-0.4, -0.2) is 53.1 Å². The number of thioether (sulfide) groups is 1. The summed E-state index contributed by atoms with van der Waals surface area (Å²) in [6.45, 7) is 0.619. The number of aromatic nitrogens is 3. The van der Waals surface area contributed by atoms with Gasteiger partial charge in [-0.15, -0.1) is 10.2 Å². The molecule has 1 amide bonds. The Balaban J connectivity index is 1.26. The van der Waals surface area contributed by atoms with Crippen molar-refractivity contribution in [3.63, 3.8) is 0 Å². The van der Waals surface area contributed by atoms with Crippen LogP contribution in [0.3, 0.4) is 0 Å². The predicted octanol–water partition coefficient (Wildman–Crippen LogP) is 0.929. The molecule has 1 aromatic carbocycles. The van der Waals surface area contributed by atoms with Crippen molar-refractivity contribution < 1.29 is 22.7 Å². The molecule has 156 valence electrons. The van der Waals surface area contributed by atoms with E-state index in [9.17, 15) is 13.2 Å². The molecule has 11 heteroatoms. The summed E-state index contributed by atoms with van der Waals surface area (Å²) in [6, 6.07) is 5.57. The second-order valence-electron chi connectivity index (χ2n) is 7.18. The van der Waals surface area contributed by atoms with E-state index < -0.39 is 9.84 Å². The van der Waals surface area contributed by atoms with E-state index >= 15 is 0 Å². The summed E-state index contributed by atoms with van der Waals surface area (Å²) in [6.07, 6.45) is 1.25. The van der Waals surface area contributed by atoms with Crippen molar-refractivity contribution in [2.24, 2.45) is 13.0 Å². The number of hydrogen-bond donors (Lipinski definition) is 1. The first-order valence-electron chi connectivity index (χ1n) is 9.26. The van der Waals surface area contributed by atoms with E-state index in [1.807, 2.05) is 29.8 Å². The molecule has 0 saturated carbocycles. The van der Waals surface area contributed by atoms with Crippen LogP contribution in [0.5, 0.6) is 11.5 Å². The Morgan fingerprint density at radius 2 is 2.14 bits per heavy atom. The third-order valence-corrected chi connectivity index (χ3v) is 7.84. The molecular weight excluding hydrogens is 416 g/mol. The van der Waals surface area contributed by atoms with Gasteiger partial charge in [0.05, 0.1) is 17.3 Å². The van der Waals surface area contributed by atoms with Gasteiger partial charge in [0.15, 0.2) is 26.5 Å². The lowest BCUT2D eigenvalue weighted by Gasteiger charge is -2.08. The number of fused-ring (bicyclic) bond motifs is 1. The number of carbonyl (C=O) groups is 1. The number of ether oxygens (including phenoxy) is 2. The molecule has 0 bridgehead atoms. The van der Waals surface area contributed by atoms with Crippen molar-refractivity contribution in [1.29, 1.82) is 0 Å². The van der Waals surface area contributed by atoms with Crippen molar-refractivity contribution in [1.82, 2.24) is 20.1 Å². The molecule has 29 heavy (non-hydrogen) atoms. The van der Waals surface area contributed by atoms with Crippen molar-refractivity contribution in [3.05, 3.63) is 29.6 Å². The number of carbonyl (C=O) groups excluding carboxylic acids is 1. The summed E-state index contributed by atoms with van der Waals surface area (Å²) in [5.41, 5.74) is 0.931. The first-order valence-corrected chi connectivity index (χ1v) is 12.1. The van der Waals surface area contributed by atoms with Gasteiger partial charge < -0.3 is 19.4 Å².